The molecule has 0 saturated carbocycles. The molecule has 0 aliphatic carbocycles. The number of carbonyl (C=O) groups excluding carboxylic acids is 1. The molecule has 3 heteroatoms. The number of ether oxygens (including phenoxy) is 1. The minimum absolute atomic E-state index is 0.0219. The van der Waals surface area contributed by atoms with E-state index in [0.717, 1.165) is 18.4 Å². The van der Waals surface area contributed by atoms with Crippen molar-refractivity contribution in [3.05, 3.63) is 35.4 Å². The fourth-order valence-electron chi connectivity index (χ4n) is 1.72. The Morgan fingerprint density at radius 3 is 2.50 bits per heavy atom. The van der Waals surface area contributed by atoms with Crippen LogP contribution < -0.4 is 5.32 Å². The average molecular weight is 249 g/mol. The zero-order chi connectivity index (χ0) is 13.4. The standard InChI is InChI=1S/C15H23NO2/c1-4-10-18-11-15(17)16-12(3)14-8-6-13(5-2)7-9-14/h6-9,12H,4-5,10-11H2,1-3H3,(H,16,17). The first-order chi connectivity index (χ1) is 8.67. The number of amides is 1. The summed E-state index contributed by atoms with van der Waals surface area (Å²) in [7, 11) is 0. The number of hydrogen-bond acceptors (Lipinski definition) is 2. The van der Waals surface area contributed by atoms with Gasteiger partial charge in [-0.25, -0.2) is 0 Å². The van der Waals surface area contributed by atoms with Gasteiger partial charge in [0, 0.05) is 6.61 Å². The molecule has 1 N–H and O–H groups in total. The van der Waals surface area contributed by atoms with Crippen molar-refractivity contribution >= 4 is 5.91 Å². The van der Waals surface area contributed by atoms with Gasteiger partial charge in [0.15, 0.2) is 0 Å². The van der Waals surface area contributed by atoms with Crippen LogP contribution in [0.2, 0.25) is 0 Å². The highest BCUT2D eigenvalue weighted by Crippen LogP contribution is 2.13. The van der Waals surface area contributed by atoms with Crippen LogP contribution in [0.15, 0.2) is 24.3 Å². The summed E-state index contributed by atoms with van der Waals surface area (Å²) >= 11 is 0. The molecule has 3 nitrogen and oxygen atoms in total. The fraction of sp³-hybridized carbons (Fsp3) is 0.533. The molecule has 100 valence electrons. The Balaban J connectivity index is 2.43. The first-order valence-electron chi connectivity index (χ1n) is 6.63. The van der Waals surface area contributed by atoms with Crippen molar-refractivity contribution in [1.82, 2.24) is 5.32 Å². The summed E-state index contributed by atoms with van der Waals surface area (Å²) < 4.78 is 5.21. The monoisotopic (exact) mass is 249 g/mol. The van der Waals surface area contributed by atoms with Crippen LogP contribution in [-0.2, 0) is 16.0 Å². The van der Waals surface area contributed by atoms with Gasteiger partial charge in [0.1, 0.15) is 6.61 Å². The predicted molar refractivity (Wildman–Crippen MR) is 73.5 cm³/mol. The summed E-state index contributed by atoms with van der Waals surface area (Å²) in [6.07, 6.45) is 1.97. The number of nitrogens with one attached hydrogen (secondary N) is 1. The third kappa shape index (κ3) is 4.88. The summed E-state index contributed by atoms with van der Waals surface area (Å²) in [5, 5.41) is 2.93. The van der Waals surface area contributed by atoms with Crippen LogP contribution in [0.25, 0.3) is 0 Å². The van der Waals surface area contributed by atoms with Crippen molar-refractivity contribution in [2.45, 2.75) is 39.7 Å². The van der Waals surface area contributed by atoms with Crippen molar-refractivity contribution in [1.29, 1.82) is 0 Å². The molecular formula is C15H23NO2. The molecule has 0 spiro atoms. The van der Waals surface area contributed by atoms with Gasteiger partial charge in [-0.15, -0.1) is 0 Å². The van der Waals surface area contributed by atoms with E-state index in [-0.39, 0.29) is 18.6 Å². The normalized spacial score (nSPS) is 12.2. The maximum absolute atomic E-state index is 11.6. The zero-order valence-electron chi connectivity index (χ0n) is 11.5. The zero-order valence-corrected chi connectivity index (χ0v) is 11.5. The fourth-order valence-corrected chi connectivity index (χ4v) is 1.72. The smallest absolute Gasteiger partial charge is 0.246 e. The highest BCUT2D eigenvalue weighted by atomic mass is 16.5. The van der Waals surface area contributed by atoms with E-state index in [1.54, 1.807) is 0 Å². The van der Waals surface area contributed by atoms with Crippen LogP contribution in [0.5, 0.6) is 0 Å². The Morgan fingerprint density at radius 1 is 1.28 bits per heavy atom. The highest BCUT2D eigenvalue weighted by molar-refractivity contribution is 5.77. The third-order valence-electron chi connectivity index (χ3n) is 2.85. The number of hydrogen-bond donors (Lipinski definition) is 1. The molecule has 1 amide bonds. The van der Waals surface area contributed by atoms with Crippen molar-refractivity contribution < 1.29 is 9.53 Å². The van der Waals surface area contributed by atoms with Gasteiger partial charge in [-0.1, -0.05) is 38.1 Å². The van der Waals surface area contributed by atoms with Gasteiger partial charge in [-0.05, 0) is 30.9 Å². The Labute approximate surface area is 110 Å². The van der Waals surface area contributed by atoms with Gasteiger partial charge in [0.2, 0.25) is 5.91 Å². The molecule has 0 aliphatic rings. The van der Waals surface area contributed by atoms with Crippen LogP contribution in [0, 0.1) is 0 Å². The number of carbonyl (C=O) groups is 1. The topological polar surface area (TPSA) is 38.3 Å². The lowest BCUT2D eigenvalue weighted by Gasteiger charge is -2.14. The van der Waals surface area contributed by atoms with Gasteiger partial charge in [-0.2, -0.15) is 0 Å². The number of benzene rings is 1. The van der Waals surface area contributed by atoms with Crippen LogP contribution in [0.3, 0.4) is 0 Å². The number of aryl methyl sites for hydroxylation is 1. The SMILES string of the molecule is CCCOCC(=O)NC(C)c1ccc(CC)cc1. The molecule has 0 fully saturated rings. The minimum atomic E-state index is -0.0597. The van der Waals surface area contributed by atoms with E-state index in [0.29, 0.717) is 6.61 Å². The second-order valence-electron chi connectivity index (χ2n) is 4.44. The summed E-state index contributed by atoms with van der Waals surface area (Å²) in [5.74, 6) is -0.0597. The van der Waals surface area contributed by atoms with Crippen LogP contribution in [0.1, 0.15) is 44.4 Å². The summed E-state index contributed by atoms with van der Waals surface area (Å²) in [6.45, 7) is 6.91. The molecular weight excluding hydrogens is 226 g/mol. The molecule has 0 aromatic heterocycles. The Kier molecular flexibility index (Phi) is 6.44. The lowest BCUT2D eigenvalue weighted by molar-refractivity contribution is -0.126. The van der Waals surface area contributed by atoms with Crippen molar-refractivity contribution in [2.24, 2.45) is 0 Å². The molecule has 0 heterocycles. The van der Waals surface area contributed by atoms with Crippen LogP contribution in [-0.4, -0.2) is 19.1 Å². The van der Waals surface area contributed by atoms with E-state index in [9.17, 15) is 4.79 Å². The Bertz CT molecular complexity index is 359. The first-order valence-corrected chi connectivity index (χ1v) is 6.63. The lowest BCUT2D eigenvalue weighted by atomic mass is 10.1. The largest absolute Gasteiger partial charge is 0.372 e. The molecule has 1 atom stereocenters. The summed E-state index contributed by atoms with van der Waals surface area (Å²) in [4.78, 5) is 11.6. The van der Waals surface area contributed by atoms with Gasteiger partial charge in [-0.3, -0.25) is 4.79 Å². The Morgan fingerprint density at radius 2 is 1.94 bits per heavy atom. The van der Waals surface area contributed by atoms with E-state index in [1.807, 2.05) is 13.8 Å². The lowest BCUT2D eigenvalue weighted by Crippen LogP contribution is -2.30. The first kappa shape index (κ1) is 14.7. The third-order valence-corrected chi connectivity index (χ3v) is 2.85. The summed E-state index contributed by atoms with van der Waals surface area (Å²) in [6, 6.07) is 8.36. The van der Waals surface area contributed by atoms with Crippen molar-refractivity contribution in [3.63, 3.8) is 0 Å². The Hall–Kier alpha value is -1.35. The second kappa shape index (κ2) is 7.88. The van der Waals surface area contributed by atoms with Crippen LogP contribution >= 0.6 is 0 Å². The summed E-state index contributed by atoms with van der Waals surface area (Å²) in [5.41, 5.74) is 2.43. The van der Waals surface area contributed by atoms with Crippen LogP contribution in [0.4, 0.5) is 0 Å². The molecule has 0 radical (unpaired) electrons. The number of rotatable bonds is 7. The van der Waals surface area contributed by atoms with Crippen molar-refractivity contribution in [2.75, 3.05) is 13.2 Å². The van der Waals surface area contributed by atoms with Gasteiger partial charge in [0.25, 0.3) is 0 Å². The molecule has 0 bridgehead atoms. The molecule has 1 aromatic carbocycles. The van der Waals surface area contributed by atoms with E-state index in [2.05, 4.69) is 36.5 Å². The highest BCUT2D eigenvalue weighted by Gasteiger charge is 2.09. The van der Waals surface area contributed by atoms with Gasteiger partial charge in [0.05, 0.1) is 6.04 Å². The molecule has 1 rings (SSSR count). The van der Waals surface area contributed by atoms with Gasteiger partial charge < -0.3 is 10.1 Å². The van der Waals surface area contributed by atoms with Crippen molar-refractivity contribution in [3.8, 4) is 0 Å². The maximum atomic E-state index is 11.6. The molecule has 0 saturated heterocycles. The predicted octanol–water partition coefficient (Wildman–Crippen LogP) is 2.85. The van der Waals surface area contributed by atoms with Gasteiger partial charge >= 0.3 is 0 Å². The minimum Gasteiger partial charge on any atom is -0.372 e. The molecule has 0 aliphatic heterocycles. The molecule has 1 aromatic rings. The quantitative estimate of drug-likeness (QED) is 0.755. The second-order valence-corrected chi connectivity index (χ2v) is 4.44. The van der Waals surface area contributed by atoms with E-state index in [1.165, 1.54) is 5.56 Å². The molecule has 18 heavy (non-hydrogen) atoms. The average Bonchev–Trinajstić information content (AvgIpc) is 2.39. The van der Waals surface area contributed by atoms with E-state index in [4.69, 9.17) is 4.74 Å². The van der Waals surface area contributed by atoms with E-state index >= 15 is 0 Å². The maximum Gasteiger partial charge on any atom is 0.246 e. The molecule has 1 unspecified atom stereocenters. The van der Waals surface area contributed by atoms with E-state index < -0.39 is 0 Å².